The minimum absolute atomic E-state index is 0.130. The van der Waals surface area contributed by atoms with Crippen molar-refractivity contribution in [1.82, 2.24) is 10.2 Å². The fourth-order valence-electron chi connectivity index (χ4n) is 5.08. The number of unbranched alkanes of at least 4 members (excludes halogenated alkanes) is 1. The van der Waals surface area contributed by atoms with Crippen molar-refractivity contribution in [2.45, 2.75) is 90.6 Å². The minimum Gasteiger partial charge on any atom is -0.480 e. The number of aliphatic carboxylic acids is 1. The molecule has 3 rings (SSSR count). The van der Waals surface area contributed by atoms with Crippen LogP contribution in [0.25, 0.3) is 0 Å². The first-order chi connectivity index (χ1) is 13.8. The molecule has 9 nitrogen and oxygen atoms in total. The minimum atomic E-state index is -1.22. The molecule has 0 aromatic rings. The first kappa shape index (κ1) is 22.5. The van der Waals surface area contributed by atoms with Gasteiger partial charge in [0.25, 0.3) is 0 Å². The molecule has 3 saturated heterocycles. The number of nitrogens with one attached hydrogen (secondary N) is 1. The zero-order chi connectivity index (χ0) is 22.5. The highest BCUT2D eigenvalue weighted by molar-refractivity contribution is 6.12. The Kier molecular flexibility index (Phi) is 5.64. The molecule has 0 aliphatic carbocycles. The van der Waals surface area contributed by atoms with Crippen molar-refractivity contribution in [3.8, 4) is 0 Å². The molecule has 5 atom stereocenters. The Labute approximate surface area is 176 Å². The number of carboxylic acids is 1. The molecule has 3 fully saturated rings. The molecule has 0 spiro atoms. The molecule has 0 aromatic heterocycles. The van der Waals surface area contributed by atoms with E-state index in [0.717, 1.165) is 4.90 Å². The van der Waals surface area contributed by atoms with E-state index in [1.807, 2.05) is 0 Å². The summed E-state index contributed by atoms with van der Waals surface area (Å²) in [7, 11) is 0. The van der Waals surface area contributed by atoms with Crippen LogP contribution in [0, 0.1) is 10.8 Å². The summed E-state index contributed by atoms with van der Waals surface area (Å²) in [4.78, 5) is 51.1. The number of alkyl carbamates (subject to hydrolysis) is 1. The summed E-state index contributed by atoms with van der Waals surface area (Å²) < 4.78 is 11.0. The molecule has 0 saturated carbocycles. The second-order valence-corrected chi connectivity index (χ2v) is 9.85. The van der Waals surface area contributed by atoms with Crippen LogP contribution in [0.4, 0.5) is 4.79 Å². The van der Waals surface area contributed by atoms with Crippen LogP contribution in [0.5, 0.6) is 0 Å². The number of rotatable bonds is 7. The van der Waals surface area contributed by atoms with Crippen LogP contribution in [0.15, 0.2) is 0 Å². The number of carbonyl (C=O) groups is 4. The summed E-state index contributed by atoms with van der Waals surface area (Å²) in [5.74, 6) is -2.08. The van der Waals surface area contributed by atoms with Crippen LogP contribution in [-0.2, 0) is 23.9 Å². The molecule has 3 amide bonds. The fourth-order valence-corrected chi connectivity index (χ4v) is 5.08. The number of carbonyl (C=O) groups excluding carboxylic acids is 3. The van der Waals surface area contributed by atoms with E-state index in [9.17, 15) is 24.3 Å². The molecular formula is C21H32N2O7. The monoisotopic (exact) mass is 424 g/mol. The topological polar surface area (TPSA) is 122 Å². The Balaban J connectivity index is 1.61. The highest BCUT2D eigenvalue weighted by Gasteiger charge is 2.77. The van der Waals surface area contributed by atoms with E-state index in [4.69, 9.17) is 9.47 Å². The van der Waals surface area contributed by atoms with E-state index in [-0.39, 0.29) is 18.6 Å². The van der Waals surface area contributed by atoms with Crippen molar-refractivity contribution in [1.29, 1.82) is 0 Å². The van der Waals surface area contributed by atoms with Gasteiger partial charge in [-0.25, -0.2) is 9.59 Å². The first-order valence-corrected chi connectivity index (χ1v) is 10.6. The summed E-state index contributed by atoms with van der Waals surface area (Å²) in [5, 5.41) is 12.4. The highest BCUT2D eigenvalue weighted by atomic mass is 16.6. The summed E-state index contributed by atoms with van der Waals surface area (Å²) in [6, 6.07) is -1.22. The first-order valence-electron chi connectivity index (χ1n) is 10.6. The number of carboxylic acid groups (broad SMARTS) is 1. The van der Waals surface area contributed by atoms with Crippen LogP contribution in [0.1, 0.15) is 66.7 Å². The van der Waals surface area contributed by atoms with E-state index in [1.54, 1.807) is 34.6 Å². The molecule has 0 radical (unpaired) electrons. The van der Waals surface area contributed by atoms with E-state index in [2.05, 4.69) is 5.32 Å². The predicted octanol–water partition coefficient (Wildman–Crippen LogP) is 2.08. The van der Waals surface area contributed by atoms with Crippen LogP contribution < -0.4 is 5.32 Å². The standard InChI is InChI=1S/C21H32N2O7/c1-19(2,3)30-18(28)22-11-7-6-8-12(15(24)25)23-16(26)20(4)13-9-10-14(29-13)21(20,5)17(23)27/h12-14H,6-11H2,1-5H3,(H,22,28)(H,24,25)/t12-,13-,14+,20+,21-/m1/s1. The number of hydrogen-bond acceptors (Lipinski definition) is 6. The van der Waals surface area contributed by atoms with Crippen molar-refractivity contribution in [3.63, 3.8) is 0 Å². The van der Waals surface area contributed by atoms with Gasteiger partial charge < -0.3 is 19.9 Å². The Morgan fingerprint density at radius 2 is 1.70 bits per heavy atom. The maximum absolute atomic E-state index is 13.3. The van der Waals surface area contributed by atoms with Crippen molar-refractivity contribution < 1.29 is 33.8 Å². The third kappa shape index (κ3) is 3.36. The molecule has 3 aliphatic rings. The molecule has 0 unspecified atom stereocenters. The SMILES string of the molecule is CC(C)(C)OC(=O)NCCCC[C@H](C(=O)O)N1C(=O)[C@@]2(C)[C@@H]3CC[C@@H](O3)[C@@]2(C)C1=O. The van der Waals surface area contributed by atoms with Gasteiger partial charge in [-0.3, -0.25) is 14.5 Å². The van der Waals surface area contributed by atoms with Crippen molar-refractivity contribution in [3.05, 3.63) is 0 Å². The van der Waals surface area contributed by atoms with E-state index in [0.29, 0.717) is 32.2 Å². The number of hydrogen-bond donors (Lipinski definition) is 2. The molecule has 30 heavy (non-hydrogen) atoms. The van der Waals surface area contributed by atoms with Gasteiger partial charge in [0.1, 0.15) is 11.6 Å². The quantitative estimate of drug-likeness (QED) is 0.474. The van der Waals surface area contributed by atoms with Gasteiger partial charge >= 0.3 is 12.1 Å². The Hall–Kier alpha value is -2.16. The zero-order valence-electron chi connectivity index (χ0n) is 18.3. The van der Waals surface area contributed by atoms with Gasteiger partial charge in [-0.05, 0) is 66.7 Å². The average molecular weight is 424 g/mol. The number of likely N-dealkylation sites (tertiary alicyclic amines) is 1. The van der Waals surface area contributed by atoms with Gasteiger partial charge in [0.2, 0.25) is 11.8 Å². The fraction of sp³-hybridized carbons (Fsp3) is 0.810. The Bertz CT molecular complexity index is 727. The number of amides is 3. The van der Waals surface area contributed by atoms with Gasteiger partial charge in [-0.15, -0.1) is 0 Å². The lowest BCUT2D eigenvalue weighted by atomic mass is 9.59. The van der Waals surface area contributed by atoms with Crippen molar-refractivity contribution in [2.24, 2.45) is 10.8 Å². The summed E-state index contributed by atoms with van der Waals surface area (Å²) >= 11 is 0. The average Bonchev–Trinajstić information content (AvgIpc) is 3.24. The van der Waals surface area contributed by atoms with E-state index in [1.165, 1.54) is 0 Å². The predicted molar refractivity (Wildman–Crippen MR) is 105 cm³/mol. The maximum atomic E-state index is 13.3. The van der Waals surface area contributed by atoms with Gasteiger partial charge in [0, 0.05) is 6.54 Å². The number of fused-ring (bicyclic) bond motifs is 5. The van der Waals surface area contributed by atoms with E-state index >= 15 is 0 Å². The number of ether oxygens (including phenoxy) is 2. The molecular weight excluding hydrogens is 392 g/mol. The number of imide groups is 1. The molecule has 3 aliphatic heterocycles. The largest absolute Gasteiger partial charge is 0.480 e. The van der Waals surface area contributed by atoms with Gasteiger partial charge in [0.05, 0.1) is 23.0 Å². The molecule has 9 heteroatoms. The molecule has 168 valence electrons. The summed E-state index contributed by atoms with van der Waals surface area (Å²) in [6.45, 7) is 9.09. The highest BCUT2D eigenvalue weighted by Crippen LogP contribution is 2.64. The normalized spacial score (nSPS) is 33.6. The van der Waals surface area contributed by atoms with E-state index < -0.39 is 46.3 Å². The second-order valence-electron chi connectivity index (χ2n) is 9.85. The molecule has 2 N–H and O–H groups in total. The lowest BCUT2D eigenvalue weighted by Crippen LogP contribution is -2.48. The maximum Gasteiger partial charge on any atom is 0.407 e. The smallest absolute Gasteiger partial charge is 0.407 e. The Morgan fingerprint density at radius 1 is 1.17 bits per heavy atom. The van der Waals surface area contributed by atoms with Crippen LogP contribution >= 0.6 is 0 Å². The zero-order valence-corrected chi connectivity index (χ0v) is 18.3. The third-order valence-electron chi connectivity index (χ3n) is 6.88. The van der Waals surface area contributed by atoms with Crippen LogP contribution in [-0.4, -0.2) is 64.3 Å². The summed E-state index contributed by atoms with van der Waals surface area (Å²) in [6.07, 6.45) is 1.25. The summed E-state index contributed by atoms with van der Waals surface area (Å²) in [5.41, 5.74) is -2.62. The Morgan fingerprint density at radius 3 is 2.17 bits per heavy atom. The molecule has 2 bridgehead atoms. The van der Waals surface area contributed by atoms with Gasteiger partial charge in [-0.2, -0.15) is 0 Å². The molecule has 0 aromatic carbocycles. The van der Waals surface area contributed by atoms with Crippen molar-refractivity contribution in [2.75, 3.05) is 6.54 Å². The van der Waals surface area contributed by atoms with Crippen molar-refractivity contribution >= 4 is 23.9 Å². The van der Waals surface area contributed by atoms with Crippen LogP contribution in [0.3, 0.4) is 0 Å². The number of nitrogens with zero attached hydrogens (tertiary/aromatic N) is 1. The molecule has 3 heterocycles. The lowest BCUT2D eigenvalue weighted by molar-refractivity contribution is -0.158. The third-order valence-corrected chi connectivity index (χ3v) is 6.88. The lowest BCUT2D eigenvalue weighted by Gasteiger charge is -2.36. The van der Waals surface area contributed by atoms with Gasteiger partial charge in [0.15, 0.2) is 0 Å². The van der Waals surface area contributed by atoms with Gasteiger partial charge in [-0.1, -0.05) is 0 Å². The van der Waals surface area contributed by atoms with Crippen LogP contribution in [0.2, 0.25) is 0 Å². The second kappa shape index (κ2) is 7.51.